The standard InChI is InChI=1S/C17H22F3N7O2/c1-16-10(6-9(17(18,19)20)7-12(16)23-8-24-16)13(28)25-11-4-2-3-5-27(14(11)29)15(21)26-22/h6-8,11-12H,2-5,22H2,1H3,(H2,21,26)(H,23,24)(H,25,28). The number of hydrogen-bond acceptors (Lipinski definition) is 6. The van der Waals surface area contributed by atoms with Crippen LogP contribution in [-0.2, 0) is 9.59 Å². The predicted octanol–water partition coefficient (Wildman–Crippen LogP) is -0.140. The van der Waals surface area contributed by atoms with Gasteiger partial charge in [0, 0.05) is 12.1 Å². The summed E-state index contributed by atoms with van der Waals surface area (Å²) in [5.41, 5.74) is 3.39. The fourth-order valence-corrected chi connectivity index (χ4v) is 3.64. The highest BCUT2D eigenvalue weighted by Crippen LogP contribution is 2.38. The smallest absolute Gasteiger partial charge is 0.368 e. The van der Waals surface area contributed by atoms with Crippen molar-refractivity contribution in [3.8, 4) is 0 Å². The summed E-state index contributed by atoms with van der Waals surface area (Å²) in [5.74, 6) is 3.67. The predicted molar refractivity (Wildman–Crippen MR) is 99.3 cm³/mol. The van der Waals surface area contributed by atoms with Crippen molar-refractivity contribution in [2.24, 2.45) is 21.7 Å². The molecule has 0 aromatic carbocycles. The number of allylic oxidation sites excluding steroid dienone is 2. The topological polar surface area (TPSA) is 138 Å². The third kappa shape index (κ3) is 3.78. The number of amides is 2. The Hall–Kier alpha value is -3.05. The Bertz CT molecular complexity index is 833. The molecule has 0 radical (unpaired) electrons. The van der Waals surface area contributed by atoms with Crippen molar-refractivity contribution in [3.05, 3.63) is 23.3 Å². The van der Waals surface area contributed by atoms with Gasteiger partial charge in [0.05, 0.1) is 23.5 Å². The molecule has 3 aliphatic rings. The lowest BCUT2D eigenvalue weighted by Crippen LogP contribution is -2.56. The zero-order valence-electron chi connectivity index (χ0n) is 15.7. The summed E-state index contributed by atoms with van der Waals surface area (Å²) in [6.45, 7) is 1.87. The monoisotopic (exact) mass is 413 g/mol. The molecule has 29 heavy (non-hydrogen) atoms. The number of halogens is 3. The van der Waals surface area contributed by atoms with Gasteiger partial charge in [-0.25, -0.2) is 0 Å². The normalized spacial score (nSPS) is 30.1. The molecule has 12 heteroatoms. The maximum atomic E-state index is 13.3. The lowest BCUT2D eigenvalue weighted by Gasteiger charge is -2.35. The van der Waals surface area contributed by atoms with Gasteiger partial charge in [-0.15, -0.1) is 5.10 Å². The first-order valence-electron chi connectivity index (χ1n) is 9.04. The zero-order chi connectivity index (χ0) is 21.4. The second-order valence-electron chi connectivity index (χ2n) is 7.25. The number of guanidine groups is 1. The van der Waals surface area contributed by atoms with Crippen molar-refractivity contribution in [2.75, 3.05) is 6.54 Å². The van der Waals surface area contributed by atoms with Gasteiger partial charge in [0.2, 0.25) is 11.9 Å². The van der Waals surface area contributed by atoms with E-state index < -0.39 is 41.2 Å². The fraction of sp³-hybridized carbons (Fsp3) is 0.529. The molecule has 3 rings (SSSR count). The van der Waals surface area contributed by atoms with E-state index >= 15 is 0 Å². The summed E-state index contributed by atoms with van der Waals surface area (Å²) in [6.07, 6.45) is -0.0403. The summed E-state index contributed by atoms with van der Waals surface area (Å²) in [5, 5.41) is 8.72. The van der Waals surface area contributed by atoms with Crippen LogP contribution in [0.15, 0.2) is 33.4 Å². The second kappa shape index (κ2) is 7.41. The molecular formula is C17H22F3N7O2. The first-order valence-corrected chi connectivity index (χ1v) is 9.04. The van der Waals surface area contributed by atoms with Crippen molar-refractivity contribution >= 4 is 24.1 Å². The van der Waals surface area contributed by atoms with Crippen LogP contribution in [0.5, 0.6) is 0 Å². The number of hydrogen-bond donors (Lipinski definition) is 4. The molecule has 0 bridgehead atoms. The maximum Gasteiger partial charge on any atom is 0.416 e. The van der Waals surface area contributed by atoms with Crippen LogP contribution in [0.1, 0.15) is 26.2 Å². The molecule has 2 heterocycles. The number of hydrazone groups is 1. The van der Waals surface area contributed by atoms with Crippen LogP contribution in [0.2, 0.25) is 0 Å². The second-order valence-corrected chi connectivity index (χ2v) is 7.25. The third-order valence-electron chi connectivity index (χ3n) is 5.36. The number of aliphatic imine (C=N–C) groups is 1. The Morgan fingerprint density at radius 2 is 2.17 bits per heavy atom. The molecule has 1 fully saturated rings. The SMILES string of the molecule is CC12NC=NC1C=C(C(F)(F)F)C=C2C(=O)NC1CCCCN(/C(N)=N/N)C1=O. The summed E-state index contributed by atoms with van der Waals surface area (Å²) in [6, 6.07) is -1.86. The van der Waals surface area contributed by atoms with Crippen LogP contribution < -0.4 is 22.2 Å². The number of likely N-dealkylation sites (tertiary alicyclic amines) is 1. The first-order chi connectivity index (χ1) is 13.6. The van der Waals surface area contributed by atoms with Gasteiger partial charge in [0.25, 0.3) is 5.91 Å². The molecule has 3 atom stereocenters. The van der Waals surface area contributed by atoms with Crippen LogP contribution in [0.4, 0.5) is 13.2 Å². The van der Waals surface area contributed by atoms with Crippen LogP contribution >= 0.6 is 0 Å². The molecule has 3 unspecified atom stereocenters. The first kappa shape index (κ1) is 20.7. The molecule has 0 aromatic heterocycles. The minimum Gasteiger partial charge on any atom is -0.368 e. The summed E-state index contributed by atoms with van der Waals surface area (Å²) >= 11 is 0. The van der Waals surface area contributed by atoms with Crippen molar-refractivity contribution in [3.63, 3.8) is 0 Å². The van der Waals surface area contributed by atoms with Gasteiger partial charge in [0.15, 0.2) is 0 Å². The number of nitrogens with two attached hydrogens (primary N) is 2. The van der Waals surface area contributed by atoms with Crippen LogP contribution in [0.3, 0.4) is 0 Å². The van der Waals surface area contributed by atoms with Gasteiger partial charge in [-0.3, -0.25) is 19.5 Å². The van der Waals surface area contributed by atoms with Crippen molar-refractivity contribution in [2.45, 2.75) is 50.0 Å². The Morgan fingerprint density at radius 3 is 2.83 bits per heavy atom. The largest absolute Gasteiger partial charge is 0.416 e. The van der Waals surface area contributed by atoms with Crippen molar-refractivity contribution < 1.29 is 22.8 Å². The highest BCUT2D eigenvalue weighted by molar-refractivity contribution is 6.03. The molecule has 0 aromatic rings. The van der Waals surface area contributed by atoms with Gasteiger partial charge in [0.1, 0.15) is 6.04 Å². The van der Waals surface area contributed by atoms with E-state index in [9.17, 15) is 22.8 Å². The van der Waals surface area contributed by atoms with Gasteiger partial charge in [-0.2, -0.15) is 13.2 Å². The average molecular weight is 413 g/mol. The third-order valence-corrected chi connectivity index (χ3v) is 5.36. The van der Waals surface area contributed by atoms with Crippen LogP contribution in [-0.4, -0.2) is 59.4 Å². The number of fused-ring (bicyclic) bond motifs is 1. The van der Waals surface area contributed by atoms with E-state index in [1.54, 1.807) is 6.92 Å². The number of carbonyl (C=O) groups is 2. The van der Waals surface area contributed by atoms with Crippen molar-refractivity contribution in [1.29, 1.82) is 0 Å². The van der Waals surface area contributed by atoms with Crippen LogP contribution in [0.25, 0.3) is 0 Å². The highest BCUT2D eigenvalue weighted by Gasteiger charge is 2.48. The Morgan fingerprint density at radius 1 is 1.45 bits per heavy atom. The minimum absolute atomic E-state index is 0.154. The van der Waals surface area contributed by atoms with E-state index in [1.165, 1.54) is 6.34 Å². The maximum absolute atomic E-state index is 13.3. The Balaban J connectivity index is 1.87. The lowest BCUT2D eigenvalue weighted by molar-refractivity contribution is -0.132. The van der Waals surface area contributed by atoms with E-state index in [0.717, 1.165) is 17.1 Å². The lowest BCUT2D eigenvalue weighted by atomic mass is 9.79. The summed E-state index contributed by atoms with van der Waals surface area (Å²) < 4.78 is 39.9. The molecule has 2 amide bonds. The van der Waals surface area contributed by atoms with E-state index in [4.69, 9.17) is 11.6 Å². The molecule has 2 aliphatic heterocycles. The number of nitrogens with one attached hydrogen (secondary N) is 2. The molecule has 158 valence electrons. The van der Waals surface area contributed by atoms with Gasteiger partial charge < -0.3 is 22.2 Å². The molecule has 0 spiro atoms. The number of alkyl halides is 3. The molecular weight excluding hydrogens is 391 g/mol. The fourth-order valence-electron chi connectivity index (χ4n) is 3.64. The van der Waals surface area contributed by atoms with E-state index in [-0.39, 0.29) is 18.1 Å². The van der Waals surface area contributed by atoms with Crippen molar-refractivity contribution in [1.82, 2.24) is 15.5 Å². The summed E-state index contributed by atoms with van der Waals surface area (Å²) in [7, 11) is 0. The molecule has 1 saturated heterocycles. The summed E-state index contributed by atoms with van der Waals surface area (Å²) in [4.78, 5) is 30.9. The number of rotatable bonds is 2. The van der Waals surface area contributed by atoms with E-state index in [2.05, 4.69) is 20.7 Å². The van der Waals surface area contributed by atoms with E-state index in [0.29, 0.717) is 19.3 Å². The van der Waals surface area contributed by atoms with Crippen LogP contribution in [0, 0.1) is 0 Å². The van der Waals surface area contributed by atoms with E-state index in [1.807, 2.05) is 0 Å². The van der Waals surface area contributed by atoms with Gasteiger partial charge in [-0.05, 0) is 38.3 Å². The minimum atomic E-state index is -4.63. The van der Waals surface area contributed by atoms with Gasteiger partial charge in [-0.1, -0.05) is 0 Å². The molecule has 0 saturated carbocycles. The molecule has 1 aliphatic carbocycles. The van der Waals surface area contributed by atoms with Gasteiger partial charge >= 0.3 is 6.18 Å². The average Bonchev–Trinajstić information content (AvgIpc) is 2.96. The zero-order valence-corrected chi connectivity index (χ0v) is 15.7. The number of nitrogens with zero attached hydrogens (tertiary/aromatic N) is 3. The highest BCUT2D eigenvalue weighted by atomic mass is 19.4. The quantitative estimate of drug-likeness (QED) is 0.216. The Labute approximate surface area is 164 Å². The molecule has 9 nitrogen and oxygen atoms in total. The molecule has 6 N–H and O–H groups in total. The number of carbonyl (C=O) groups excluding carboxylic acids is 2. The Kier molecular flexibility index (Phi) is 5.28.